The molecule has 1 aromatic carbocycles. The third-order valence-electron chi connectivity index (χ3n) is 4.66. The fourth-order valence-corrected chi connectivity index (χ4v) is 3.34. The van der Waals surface area contributed by atoms with Crippen molar-refractivity contribution in [3.63, 3.8) is 0 Å². The molecule has 23 heavy (non-hydrogen) atoms. The van der Waals surface area contributed by atoms with Gasteiger partial charge in [-0.15, -0.1) is 0 Å². The summed E-state index contributed by atoms with van der Waals surface area (Å²) in [4.78, 5) is 26.4. The lowest BCUT2D eigenvalue weighted by molar-refractivity contribution is -0.139. The molecular formula is C18H27N3O2. The van der Waals surface area contributed by atoms with Crippen molar-refractivity contribution in [2.45, 2.75) is 38.1 Å². The molecule has 0 radical (unpaired) electrons. The molecule has 0 saturated heterocycles. The zero-order chi connectivity index (χ0) is 16.9. The molecule has 1 saturated carbocycles. The lowest BCUT2D eigenvalue weighted by atomic mass is 9.84. The van der Waals surface area contributed by atoms with Crippen molar-refractivity contribution in [1.29, 1.82) is 0 Å². The van der Waals surface area contributed by atoms with Crippen molar-refractivity contribution >= 4 is 11.8 Å². The minimum Gasteiger partial charge on any atom is -0.354 e. The highest BCUT2D eigenvalue weighted by molar-refractivity contribution is 5.85. The second-order valence-corrected chi connectivity index (χ2v) is 6.70. The molecule has 1 atom stereocenters. The van der Waals surface area contributed by atoms with Crippen LogP contribution in [0.3, 0.4) is 0 Å². The number of hydrogen-bond donors (Lipinski definition) is 2. The molecule has 1 aromatic rings. The van der Waals surface area contributed by atoms with Gasteiger partial charge >= 0.3 is 0 Å². The van der Waals surface area contributed by atoms with Gasteiger partial charge < -0.3 is 16.0 Å². The quantitative estimate of drug-likeness (QED) is 0.831. The lowest BCUT2D eigenvalue weighted by Gasteiger charge is -2.31. The second kappa shape index (κ2) is 7.59. The van der Waals surface area contributed by atoms with E-state index >= 15 is 0 Å². The molecule has 0 aliphatic heterocycles. The molecule has 0 bridgehead atoms. The highest BCUT2D eigenvalue weighted by Gasteiger charge is 2.42. The van der Waals surface area contributed by atoms with E-state index < -0.39 is 11.5 Å². The Kier molecular flexibility index (Phi) is 5.77. The standard InChI is InChI=1S/C18H27N3O2/c1-21(2)17(23)18(10-6-7-11-18)13-20-16(22)15(19)12-14-8-4-3-5-9-14/h3-5,8-9,15H,6-7,10-13,19H2,1-2H3,(H,20,22)/t15-/m0/s1. The summed E-state index contributed by atoms with van der Waals surface area (Å²) < 4.78 is 0. The first-order valence-electron chi connectivity index (χ1n) is 8.23. The molecule has 1 fully saturated rings. The number of amides is 2. The van der Waals surface area contributed by atoms with Crippen molar-refractivity contribution in [2.75, 3.05) is 20.6 Å². The van der Waals surface area contributed by atoms with Crippen LogP contribution in [0.5, 0.6) is 0 Å². The predicted octanol–water partition coefficient (Wildman–Crippen LogP) is 1.32. The van der Waals surface area contributed by atoms with Crippen LogP contribution in [0.25, 0.3) is 0 Å². The van der Waals surface area contributed by atoms with Crippen LogP contribution in [0, 0.1) is 5.41 Å². The Morgan fingerprint density at radius 3 is 2.39 bits per heavy atom. The molecule has 0 unspecified atom stereocenters. The van der Waals surface area contributed by atoms with E-state index in [0.717, 1.165) is 31.2 Å². The van der Waals surface area contributed by atoms with Gasteiger partial charge in [-0.05, 0) is 24.8 Å². The average Bonchev–Trinajstić information content (AvgIpc) is 3.02. The van der Waals surface area contributed by atoms with Crippen LogP contribution in [0.4, 0.5) is 0 Å². The third kappa shape index (κ3) is 4.32. The smallest absolute Gasteiger partial charge is 0.237 e. The van der Waals surface area contributed by atoms with Gasteiger partial charge in [0.2, 0.25) is 11.8 Å². The van der Waals surface area contributed by atoms with E-state index in [1.165, 1.54) is 0 Å². The first kappa shape index (κ1) is 17.5. The Morgan fingerprint density at radius 1 is 1.22 bits per heavy atom. The van der Waals surface area contributed by atoms with Gasteiger partial charge in [-0.3, -0.25) is 9.59 Å². The van der Waals surface area contributed by atoms with E-state index in [1.807, 2.05) is 30.3 Å². The van der Waals surface area contributed by atoms with Crippen LogP contribution in [0.15, 0.2) is 30.3 Å². The number of nitrogens with one attached hydrogen (secondary N) is 1. The summed E-state index contributed by atoms with van der Waals surface area (Å²) >= 11 is 0. The fraction of sp³-hybridized carbons (Fsp3) is 0.556. The molecule has 5 nitrogen and oxygen atoms in total. The van der Waals surface area contributed by atoms with Crippen LogP contribution in [0.2, 0.25) is 0 Å². The van der Waals surface area contributed by atoms with Gasteiger partial charge in [-0.25, -0.2) is 0 Å². The molecule has 0 aromatic heterocycles. The van der Waals surface area contributed by atoms with Crippen LogP contribution in [0.1, 0.15) is 31.2 Å². The summed E-state index contributed by atoms with van der Waals surface area (Å²) in [5, 5.41) is 2.91. The largest absolute Gasteiger partial charge is 0.354 e. The third-order valence-corrected chi connectivity index (χ3v) is 4.66. The number of benzene rings is 1. The maximum absolute atomic E-state index is 12.5. The molecule has 3 N–H and O–H groups in total. The summed E-state index contributed by atoms with van der Waals surface area (Å²) in [5.41, 5.74) is 6.59. The molecule has 0 spiro atoms. The number of carbonyl (C=O) groups excluding carboxylic acids is 2. The monoisotopic (exact) mass is 317 g/mol. The number of nitrogens with two attached hydrogens (primary N) is 1. The molecule has 5 heteroatoms. The average molecular weight is 317 g/mol. The first-order valence-corrected chi connectivity index (χ1v) is 8.23. The SMILES string of the molecule is CN(C)C(=O)C1(CNC(=O)[C@@H](N)Cc2ccccc2)CCCC1. The Hall–Kier alpha value is -1.88. The number of hydrogen-bond acceptors (Lipinski definition) is 3. The Labute approximate surface area is 138 Å². The maximum atomic E-state index is 12.5. The number of rotatable bonds is 6. The van der Waals surface area contributed by atoms with Crippen molar-refractivity contribution in [1.82, 2.24) is 10.2 Å². The topological polar surface area (TPSA) is 75.4 Å². The van der Waals surface area contributed by atoms with Crippen molar-refractivity contribution in [3.8, 4) is 0 Å². The van der Waals surface area contributed by atoms with Gasteiger partial charge in [0.05, 0.1) is 11.5 Å². The van der Waals surface area contributed by atoms with Gasteiger partial charge in [0.25, 0.3) is 0 Å². The number of nitrogens with zero attached hydrogens (tertiary/aromatic N) is 1. The van der Waals surface area contributed by atoms with Crippen molar-refractivity contribution in [3.05, 3.63) is 35.9 Å². The van der Waals surface area contributed by atoms with Crippen LogP contribution >= 0.6 is 0 Å². The van der Waals surface area contributed by atoms with E-state index in [0.29, 0.717) is 13.0 Å². The van der Waals surface area contributed by atoms with Crippen LogP contribution in [-0.4, -0.2) is 43.4 Å². The molecule has 0 heterocycles. The minimum atomic E-state index is -0.592. The Balaban J connectivity index is 1.92. The number of carbonyl (C=O) groups is 2. The van der Waals surface area contributed by atoms with Crippen molar-refractivity contribution < 1.29 is 9.59 Å². The molecule has 1 aliphatic rings. The highest BCUT2D eigenvalue weighted by Crippen LogP contribution is 2.38. The second-order valence-electron chi connectivity index (χ2n) is 6.70. The molecule has 2 rings (SSSR count). The van der Waals surface area contributed by atoms with Gasteiger partial charge in [0.1, 0.15) is 0 Å². The zero-order valence-electron chi connectivity index (χ0n) is 14.0. The molecular weight excluding hydrogens is 290 g/mol. The van der Waals surface area contributed by atoms with E-state index in [1.54, 1.807) is 19.0 Å². The van der Waals surface area contributed by atoms with Crippen LogP contribution < -0.4 is 11.1 Å². The summed E-state index contributed by atoms with van der Waals surface area (Å²) in [6.45, 7) is 0.380. The minimum absolute atomic E-state index is 0.104. The van der Waals surface area contributed by atoms with E-state index in [4.69, 9.17) is 5.73 Å². The van der Waals surface area contributed by atoms with E-state index in [9.17, 15) is 9.59 Å². The van der Waals surface area contributed by atoms with Crippen LogP contribution in [-0.2, 0) is 16.0 Å². The molecule has 126 valence electrons. The summed E-state index contributed by atoms with van der Waals surface area (Å²) in [6, 6.07) is 9.13. The normalized spacial score (nSPS) is 17.5. The highest BCUT2D eigenvalue weighted by atomic mass is 16.2. The zero-order valence-corrected chi connectivity index (χ0v) is 14.0. The van der Waals surface area contributed by atoms with Gasteiger partial charge in [0.15, 0.2) is 0 Å². The first-order chi connectivity index (χ1) is 10.9. The summed E-state index contributed by atoms with van der Waals surface area (Å²) in [5.74, 6) is -0.0846. The summed E-state index contributed by atoms with van der Waals surface area (Å²) in [6.07, 6.45) is 4.23. The lowest BCUT2D eigenvalue weighted by Crippen LogP contribution is -2.50. The molecule has 2 amide bonds. The van der Waals surface area contributed by atoms with Gasteiger partial charge in [-0.1, -0.05) is 43.2 Å². The van der Waals surface area contributed by atoms with Gasteiger partial charge in [0, 0.05) is 20.6 Å². The molecule has 1 aliphatic carbocycles. The summed E-state index contributed by atoms with van der Waals surface area (Å²) in [7, 11) is 3.54. The van der Waals surface area contributed by atoms with E-state index in [-0.39, 0.29) is 11.8 Å². The predicted molar refractivity (Wildman–Crippen MR) is 90.7 cm³/mol. The maximum Gasteiger partial charge on any atom is 0.237 e. The van der Waals surface area contributed by atoms with E-state index in [2.05, 4.69) is 5.32 Å². The Morgan fingerprint density at radius 2 is 1.83 bits per heavy atom. The van der Waals surface area contributed by atoms with Crippen molar-refractivity contribution in [2.24, 2.45) is 11.1 Å². The Bertz CT molecular complexity index is 536. The fourth-order valence-electron chi connectivity index (χ4n) is 3.34. The van der Waals surface area contributed by atoms with Gasteiger partial charge in [-0.2, -0.15) is 0 Å².